The van der Waals surface area contributed by atoms with Gasteiger partial charge in [0.05, 0.1) is 19.9 Å². The summed E-state index contributed by atoms with van der Waals surface area (Å²) in [5, 5.41) is 28.1. The summed E-state index contributed by atoms with van der Waals surface area (Å²) in [5.74, 6) is 0.0946. The predicted octanol–water partition coefficient (Wildman–Crippen LogP) is 2.52. The summed E-state index contributed by atoms with van der Waals surface area (Å²) in [4.78, 5) is 11.8. The van der Waals surface area contributed by atoms with E-state index in [1.807, 2.05) is 24.3 Å². The first kappa shape index (κ1) is 16.6. The van der Waals surface area contributed by atoms with Crippen molar-refractivity contribution >= 4 is 11.0 Å². The Kier molecular flexibility index (Phi) is 4.00. The van der Waals surface area contributed by atoms with Crippen molar-refractivity contribution in [1.29, 1.82) is 0 Å². The minimum absolute atomic E-state index is 0.184. The van der Waals surface area contributed by atoms with E-state index in [1.54, 1.807) is 18.0 Å². The van der Waals surface area contributed by atoms with E-state index < -0.39 is 5.63 Å². The quantitative estimate of drug-likeness (QED) is 0.422. The molecule has 0 aliphatic heterocycles. The summed E-state index contributed by atoms with van der Waals surface area (Å²) in [6.07, 6.45) is 1.75. The van der Waals surface area contributed by atoms with Gasteiger partial charge in [0.25, 0.3) is 0 Å². The average Bonchev–Trinajstić information content (AvgIpc) is 3.12. The number of phenols is 2. The molecular formula is C19H15N3O5. The topological polar surface area (TPSA) is 111 Å². The Morgan fingerprint density at radius 2 is 1.85 bits per heavy atom. The second-order valence-corrected chi connectivity index (χ2v) is 5.96. The van der Waals surface area contributed by atoms with Crippen molar-refractivity contribution in [2.75, 3.05) is 7.11 Å². The molecule has 27 heavy (non-hydrogen) atoms. The molecule has 0 aliphatic carbocycles. The van der Waals surface area contributed by atoms with Crippen molar-refractivity contribution in [2.24, 2.45) is 0 Å². The largest absolute Gasteiger partial charge is 0.504 e. The standard InChI is InChI=1S/C19H15N3O5/c1-26-13-4-2-11(3-5-13)15-10-22(21-20-15)9-12-6-19(25)27-18-8-17(24)16(23)7-14(12)18/h2-8,10,23-24H,9H2,1H3. The van der Waals surface area contributed by atoms with Crippen molar-refractivity contribution in [3.8, 4) is 28.5 Å². The Morgan fingerprint density at radius 1 is 1.11 bits per heavy atom. The van der Waals surface area contributed by atoms with E-state index in [0.717, 1.165) is 11.3 Å². The number of ether oxygens (including phenoxy) is 1. The van der Waals surface area contributed by atoms with E-state index in [2.05, 4.69) is 10.3 Å². The Morgan fingerprint density at radius 3 is 2.59 bits per heavy atom. The molecule has 4 rings (SSSR count). The molecule has 0 unspecified atom stereocenters. The molecular weight excluding hydrogens is 350 g/mol. The molecule has 8 heteroatoms. The van der Waals surface area contributed by atoms with Gasteiger partial charge in [-0.1, -0.05) is 5.21 Å². The number of fused-ring (bicyclic) bond motifs is 1. The maximum Gasteiger partial charge on any atom is 0.336 e. The lowest BCUT2D eigenvalue weighted by molar-refractivity contribution is 0.403. The summed E-state index contributed by atoms with van der Waals surface area (Å²) in [7, 11) is 1.60. The molecule has 2 N–H and O–H groups in total. The molecule has 0 spiro atoms. The van der Waals surface area contributed by atoms with Crippen molar-refractivity contribution in [3.63, 3.8) is 0 Å². The van der Waals surface area contributed by atoms with Crippen LogP contribution in [0.5, 0.6) is 17.2 Å². The van der Waals surface area contributed by atoms with Crippen LogP contribution in [-0.4, -0.2) is 32.3 Å². The molecule has 0 bridgehead atoms. The number of rotatable bonds is 4. The van der Waals surface area contributed by atoms with Crippen LogP contribution in [0, 0.1) is 0 Å². The second kappa shape index (κ2) is 6.49. The molecule has 2 heterocycles. The minimum Gasteiger partial charge on any atom is -0.504 e. The van der Waals surface area contributed by atoms with Crippen molar-refractivity contribution < 1.29 is 19.4 Å². The lowest BCUT2D eigenvalue weighted by Crippen LogP contribution is -2.06. The summed E-state index contributed by atoms with van der Waals surface area (Å²) in [5.41, 5.74) is 1.76. The number of benzene rings is 2. The molecule has 0 amide bonds. The van der Waals surface area contributed by atoms with Crippen LogP contribution < -0.4 is 10.4 Å². The number of hydrogen-bond acceptors (Lipinski definition) is 7. The van der Waals surface area contributed by atoms with Crippen LogP contribution in [0.1, 0.15) is 5.56 Å². The number of nitrogens with zero attached hydrogens (tertiary/aromatic N) is 3. The first-order valence-electron chi connectivity index (χ1n) is 8.07. The van der Waals surface area contributed by atoms with E-state index in [4.69, 9.17) is 9.15 Å². The highest BCUT2D eigenvalue weighted by molar-refractivity contribution is 5.83. The van der Waals surface area contributed by atoms with Gasteiger partial charge in [-0.3, -0.25) is 0 Å². The fourth-order valence-corrected chi connectivity index (χ4v) is 2.83. The van der Waals surface area contributed by atoms with E-state index in [-0.39, 0.29) is 23.6 Å². The van der Waals surface area contributed by atoms with Gasteiger partial charge in [-0.15, -0.1) is 5.10 Å². The van der Waals surface area contributed by atoms with E-state index >= 15 is 0 Å². The predicted molar refractivity (Wildman–Crippen MR) is 96.9 cm³/mol. The molecule has 0 radical (unpaired) electrons. The lowest BCUT2D eigenvalue weighted by Gasteiger charge is -2.06. The third-order valence-corrected chi connectivity index (χ3v) is 4.18. The summed E-state index contributed by atoms with van der Waals surface area (Å²) in [6, 6.07) is 11.3. The summed E-state index contributed by atoms with van der Waals surface area (Å²) in [6.45, 7) is 0.246. The molecule has 136 valence electrons. The van der Waals surface area contributed by atoms with Crippen LogP contribution in [0.25, 0.3) is 22.2 Å². The highest BCUT2D eigenvalue weighted by atomic mass is 16.5. The molecule has 4 aromatic rings. The number of aromatic hydroxyl groups is 2. The van der Waals surface area contributed by atoms with Crippen molar-refractivity contribution in [3.05, 3.63) is 64.6 Å². The van der Waals surface area contributed by atoms with Crippen molar-refractivity contribution in [1.82, 2.24) is 15.0 Å². The van der Waals surface area contributed by atoms with Crippen LogP contribution in [-0.2, 0) is 6.54 Å². The van der Waals surface area contributed by atoms with Crippen LogP contribution >= 0.6 is 0 Å². The van der Waals surface area contributed by atoms with Gasteiger partial charge >= 0.3 is 5.63 Å². The molecule has 0 saturated carbocycles. The van der Waals surface area contributed by atoms with Crippen LogP contribution in [0.15, 0.2) is 57.9 Å². The Bertz CT molecular complexity index is 1180. The number of aromatic nitrogens is 3. The Labute approximate surface area is 152 Å². The molecule has 2 aromatic carbocycles. The normalized spacial score (nSPS) is 11.0. The fraction of sp³-hybridized carbons (Fsp3) is 0.105. The number of phenolic OH excluding ortho intramolecular Hbond substituents is 2. The zero-order valence-corrected chi connectivity index (χ0v) is 14.3. The smallest absolute Gasteiger partial charge is 0.336 e. The molecule has 0 atom stereocenters. The molecule has 2 aromatic heterocycles. The second-order valence-electron chi connectivity index (χ2n) is 5.96. The zero-order chi connectivity index (χ0) is 19.0. The monoisotopic (exact) mass is 365 g/mol. The van der Waals surface area contributed by atoms with Crippen molar-refractivity contribution in [2.45, 2.75) is 6.54 Å². The minimum atomic E-state index is -0.557. The SMILES string of the molecule is COc1ccc(-c2cn(Cc3cc(=O)oc4cc(O)c(O)cc34)nn2)cc1. The summed E-state index contributed by atoms with van der Waals surface area (Å²) < 4.78 is 11.8. The summed E-state index contributed by atoms with van der Waals surface area (Å²) >= 11 is 0. The van der Waals surface area contributed by atoms with Gasteiger partial charge in [0.15, 0.2) is 11.5 Å². The van der Waals surface area contributed by atoms with E-state index in [1.165, 1.54) is 18.2 Å². The molecule has 0 saturated heterocycles. The van der Waals surface area contributed by atoms with E-state index in [0.29, 0.717) is 16.6 Å². The highest BCUT2D eigenvalue weighted by Gasteiger charge is 2.12. The van der Waals surface area contributed by atoms with Gasteiger partial charge < -0.3 is 19.4 Å². The fourth-order valence-electron chi connectivity index (χ4n) is 2.83. The van der Waals surface area contributed by atoms with Gasteiger partial charge in [0.1, 0.15) is 17.0 Å². The van der Waals surface area contributed by atoms with Gasteiger partial charge in [-0.25, -0.2) is 9.48 Å². The third kappa shape index (κ3) is 3.20. The zero-order valence-electron chi connectivity index (χ0n) is 14.3. The van der Waals surface area contributed by atoms with E-state index in [9.17, 15) is 15.0 Å². The number of methoxy groups -OCH3 is 1. The maximum atomic E-state index is 11.8. The van der Waals surface area contributed by atoms with Crippen LogP contribution in [0.3, 0.4) is 0 Å². The van der Waals surface area contributed by atoms with Gasteiger partial charge in [-0.2, -0.15) is 0 Å². The lowest BCUT2D eigenvalue weighted by atomic mass is 10.1. The first-order valence-corrected chi connectivity index (χ1v) is 8.07. The molecule has 0 fully saturated rings. The van der Waals surface area contributed by atoms with Crippen LogP contribution in [0.2, 0.25) is 0 Å². The highest BCUT2D eigenvalue weighted by Crippen LogP contribution is 2.31. The molecule has 8 nitrogen and oxygen atoms in total. The molecule has 0 aliphatic rings. The van der Waals surface area contributed by atoms with Gasteiger partial charge in [0, 0.05) is 23.1 Å². The average molecular weight is 365 g/mol. The maximum absolute atomic E-state index is 11.8. The van der Waals surface area contributed by atoms with Gasteiger partial charge in [0.2, 0.25) is 0 Å². The van der Waals surface area contributed by atoms with Crippen LogP contribution in [0.4, 0.5) is 0 Å². The third-order valence-electron chi connectivity index (χ3n) is 4.18. The van der Waals surface area contributed by atoms with Gasteiger partial charge in [-0.05, 0) is 35.9 Å². The number of hydrogen-bond donors (Lipinski definition) is 2. The Hall–Kier alpha value is -3.81. The first-order chi connectivity index (χ1) is 13.0. The Balaban J connectivity index is 1.69.